The number of ketones is 2. The Balaban J connectivity index is 1.28. The summed E-state index contributed by atoms with van der Waals surface area (Å²) in [6.07, 6.45) is 0.204. The number of Topliss-reactive ketones (excluding diaryl/α,β-unsaturated/α-hetero) is 2. The van der Waals surface area contributed by atoms with E-state index in [0.717, 1.165) is 13.8 Å². The quantitative estimate of drug-likeness (QED) is 0.0333. The van der Waals surface area contributed by atoms with E-state index < -0.39 is 47.3 Å². The van der Waals surface area contributed by atoms with Crippen molar-refractivity contribution in [3.05, 3.63) is 129 Å². The van der Waals surface area contributed by atoms with E-state index in [1.54, 1.807) is 36.4 Å². The maximum atomic E-state index is 13.5. The fraction of sp³-hybridized carbons (Fsp3) is 0.217. The smallest absolute Gasteiger partial charge is 0.258 e. The number of carbonyl (C=O) groups is 6. The second kappa shape index (κ2) is 24.4. The van der Waals surface area contributed by atoms with Crippen molar-refractivity contribution >= 4 is 127 Å². The molecule has 5 aromatic carbocycles. The molecule has 5 aromatic rings. The highest BCUT2D eigenvalue weighted by molar-refractivity contribution is 6.32. The second-order valence-corrected chi connectivity index (χ2v) is 16.2. The topological polar surface area (TPSA) is 218 Å². The van der Waals surface area contributed by atoms with Gasteiger partial charge in [0, 0.05) is 73.7 Å². The van der Waals surface area contributed by atoms with Crippen LogP contribution in [-0.2, 0) is 37.4 Å². The van der Waals surface area contributed by atoms with Crippen molar-refractivity contribution in [2.24, 2.45) is 20.5 Å². The normalized spacial score (nSPS) is 12.0. The molecule has 0 aliphatic heterocycles. The molecule has 0 bridgehead atoms. The summed E-state index contributed by atoms with van der Waals surface area (Å²) in [6.45, 7) is 2.32. The largest absolute Gasteiger partial charge is 0.497 e. The molecule has 348 valence electrons. The van der Waals surface area contributed by atoms with Crippen LogP contribution in [0.25, 0.3) is 0 Å². The standard InChI is InChI=1S/C46H41Cl5N8O8/c1-24(60)41(58-56-36-16-29(13-31(50)18-36)43(62)53-34-9-26(22-48)11-38(20-34)66-3)45(64)52-33-5-6-40(28(15-33)7-8-47)55-46(65)42(25(2)61)59-57-37-17-30(14-32(51)19-37)44(63)54-35-10-27(23-49)12-39(21-35)67-4/h5-6,9-21,41-42H,7-8,22-23H2,1-4H3,(H,52,64)(H,53,62)(H,54,63)(H,55,65). The Morgan fingerprint density at radius 3 is 1.43 bits per heavy atom. The van der Waals surface area contributed by atoms with Gasteiger partial charge < -0.3 is 30.7 Å². The first-order chi connectivity index (χ1) is 32.0. The Kier molecular flexibility index (Phi) is 18.8. The van der Waals surface area contributed by atoms with Gasteiger partial charge in [-0.3, -0.25) is 28.8 Å². The zero-order chi connectivity index (χ0) is 48.8. The Morgan fingerprint density at radius 1 is 0.552 bits per heavy atom. The molecule has 0 aliphatic rings. The predicted octanol–water partition coefficient (Wildman–Crippen LogP) is 11.1. The number of aryl methyl sites for hydroxylation is 1. The average molecular weight is 1010 g/mol. The van der Waals surface area contributed by atoms with E-state index in [-0.39, 0.29) is 68.0 Å². The van der Waals surface area contributed by atoms with E-state index >= 15 is 0 Å². The number of nitrogens with zero attached hydrogens (tertiary/aromatic N) is 4. The number of nitrogens with one attached hydrogen (secondary N) is 4. The van der Waals surface area contributed by atoms with E-state index in [1.165, 1.54) is 68.8 Å². The maximum absolute atomic E-state index is 13.5. The van der Waals surface area contributed by atoms with Crippen molar-refractivity contribution in [2.75, 3.05) is 41.4 Å². The van der Waals surface area contributed by atoms with Crippen molar-refractivity contribution in [3.8, 4) is 11.5 Å². The van der Waals surface area contributed by atoms with E-state index in [9.17, 15) is 28.8 Å². The molecular formula is C46H41Cl5N8O8. The number of anilines is 4. The number of halogens is 5. The molecular weight excluding hydrogens is 970 g/mol. The van der Waals surface area contributed by atoms with Gasteiger partial charge in [0.1, 0.15) is 11.5 Å². The van der Waals surface area contributed by atoms with Gasteiger partial charge in [-0.1, -0.05) is 23.2 Å². The van der Waals surface area contributed by atoms with E-state index in [4.69, 9.17) is 67.5 Å². The number of benzene rings is 5. The lowest BCUT2D eigenvalue weighted by Gasteiger charge is -2.15. The molecule has 21 heteroatoms. The van der Waals surface area contributed by atoms with E-state index in [0.29, 0.717) is 39.6 Å². The molecule has 0 aromatic heterocycles. The molecule has 0 saturated heterocycles. The van der Waals surface area contributed by atoms with Gasteiger partial charge in [0.05, 0.1) is 25.6 Å². The van der Waals surface area contributed by atoms with Crippen LogP contribution < -0.4 is 30.7 Å². The van der Waals surface area contributed by atoms with Crippen LogP contribution in [0.3, 0.4) is 0 Å². The Hall–Kier alpha value is -6.43. The van der Waals surface area contributed by atoms with Crippen molar-refractivity contribution in [1.29, 1.82) is 0 Å². The zero-order valence-electron chi connectivity index (χ0n) is 36.1. The van der Waals surface area contributed by atoms with E-state index in [1.807, 2.05) is 0 Å². The third-order valence-corrected chi connectivity index (χ3v) is 10.6. The van der Waals surface area contributed by atoms with Crippen LogP contribution in [-0.4, -0.2) is 67.4 Å². The summed E-state index contributed by atoms with van der Waals surface area (Å²) in [5.41, 5.74) is 3.59. The van der Waals surface area contributed by atoms with Crippen molar-refractivity contribution in [2.45, 2.75) is 44.1 Å². The number of methoxy groups -OCH3 is 2. The molecule has 67 heavy (non-hydrogen) atoms. The van der Waals surface area contributed by atoms with Crippen molar-refractivity contribution in [3.63, 3.8) is 0 Å². The molecule has 5 rings (SSSR count). The summed E-state index contributed by atoms with van der Waals surface area (Å²) in [6, 6.07) is 19.6. The maximum Gasteiger partial charge on any atom is 0.258 e. The minimum atomic E-state index is -1.62. The number of azo groups is 2. The molecule has 4 amide bonds. The lowest BCUT2D eigenvalue weighted by atomic mass is 10.1. The summed E-state index contributed by atoms with van der Waals surface area (Å²) in [4.78, 5) is 78.7. The number of carbonyl (C=O) groups excluding carboxylic acids is 6. The van der Waals surface area contributed by atoms with Crippen LogP contribution >= 0.6 is 58.0 Å². The first-order valence-corrected chi connectivity index (χ1v) is 22.2. The first kappa shape index (κ1) is 51.6. The Labute approximate surface area is 409 Å². The van der Waals surface area contributed by atoms with Crippen molar-refractivity contribution < 1.29 is 38.2 Å². The summed E-state index contributed by atoms with van der Waals surface area (Å²) in [5.74, 6) is -2.58. The highest BCUT2D eigenvalue weighted by Gasteiger charge is 2.26. The number of amides is 4. The van der Waals surface area contributed by atoms with Crippen LogP contribution in [0.2, 0.25) is 10.0 Å². The molecule has 16 nitrogen and oxygen atoms in total. The summed E-state index contributed by atoms with van der Waals surface area (Å²) in [7, 11) is 2.97. The summed E-state index contributed by atoms with van der Waals surface area (Å²) in [5, 5.41) is 27.2. The third-order valence-electron chi connectivity index (χ3n) is 9.36. The van der Waals surface area contributed by atoms with Crippen molar-refractivity contribution in [1.82, 2.24) is 0 Å². The SMILES string of the molecule is COc1cc(CCl)cc(NC(=O)c2cc(Cl)cc(N=NC(C(C)=O)C(=O)Nc3ccc(NC(=O)C(N=Nc4cc(Cl)cc(C(=O)Nc5cc(CCl)cc(OC)c5)c4)C(C)=O)c(CCCl)c3)c2)c1. The van der Waals surface area contributed by atoms with Gasteiger partial charge in [-0.15, -0.1) is 34.8 Å². The van der Waals surface area contributed by atoms with Crippen LogP contribution in [0.1, 0.15) is 51.3 Å². The molecule has 0 saturated carbocycles. The highest BCUT2D eigenvalue weighted by atomic mass is 35.5. The fourth-order valence-electron chi connectivity index (χ4n) is 6.19. The van der Waals surface area contributed by atoms with Gasteiger partial charge >= 0.3 is 0 Å². The minimum Gasteiger partial charge on any atom is -0.497 e. The van der Waals surface area contributed by atoms with Gasteiger partial charge in [-0.25, -0.2) is 0 Å². The molecule has 2 unspecified atom stereocenters. The molecule has 4 N–H and O–H groups in total. The lowest BCUT2D eigenvalue weighted by molar-refractivity contribution is -0.127. The lowest BCUT2D eigenvalue weighted by Crippen LogP contribution is -2.32. The molecule has 0 spiro atoms. The van der Waals surface area contributed by atoms with Gasteiger partial charge in [-0.05, 0) is 116 Å². The molecule has 0 heterocycles. The van der Waals surface area contributed by atoms with Gasteiger partial charge in [0.15, 0.2) is 11.6 Å². The summed E-state index contributed by atoms with van der Waals surface area (Å²) < 4.78 is 10.6. The Morgan fingerprint density at radius 2 is 1.01 bits per heavy atom. The van der Waals surface area contributed by atoms with Gasteiger partial charge in [0.2, 0.25) is 12.1 Å². The van der Waals surface area contributed by atoms with Gasteiger partial charge in [0.25, 0.3) is 23.6 Å². The van der Waals surface area contributed by atoms with Crippen LogP contribution in [0.4, 0.5) is 34.1 Å². The summed E-state index contributed by atoms with van der Waals surface area (Å²) >= 11 is 30.7. The fourth-order valence-corrected chi connectivity index (χ4v) is 7.16. The number of rotatable bonds is 20. The molecule has 0 radical (unpaired) electrons. The van der Waals surface area contributed by atoms with Gasteiger partial charge in [-0.2, -0.15) is 20.5 Å². The first-order valence-electron chi connectivity index (χ1n) is 19.9. The second-order valence-electron chi connectivity index (χ2n) is 14.5. The van der Waals surface area contributed by atoms with E-state index in [2.05, 4.69) is 41.7 Å². The third kappa shape index (κ3) is 14.8. The number of hydrogen-bond acceptors (Lipinski definition) is 12. The number of ether oxygens (including phenoxy) is 2. The highest BCUT2D eigenvalue weighted by Crippen LogP contribution is 2.29. The number of alkyl halides is 3. The van der Waals surface area contributed by atoms with Crippen LogP contribution in [0, 0.1) is 0 Å². The molecule has 2 atom stereocenters. The van der Waals surface area contributed by atoms with Crippen LogP contribution in [0.15, 0.2) is 111 Å². The molecule has 0 aliphatic carbocycles. The monoisotopic (exact) mass is 1010 g/mol. The number of hydrogen-bond donors (Lipinski definition) is 4. The predicted molar refractivity (Wildman–Crippen MR) is 260 cm³/mol. The molecule has 0 fully saturated rings. The average Bonchev–Trinajstić information content (AvgIpc) is 3.29. The Bertz CT molecular complexity index is 2730. The minimum absolute atomic E-state index is 0.0853. The zero-order valence-corrected chi connectivity index (χ0v) is 39.9. The van der Waals surface area contributed by atoms with Crippen LogP contribution in [0.5, 0.6) is 11.5 Å².